The van der Waals surface area contributed by atoms with E-state index in [2.05, 4.69) is 22.9 Å². The van der Waals surface area contributed by atoms with Gasteiger partial charge in [0, 0.05) is 16.2 Å². The van der Waals surface area contributed by atoms with Gasteiger partial charge in [-0.15, -0.1) is 11.3 Å². The first-order chi connectivity index (χ1) is 8.60. The fourth-order valence-electron chi connectivity index (χ4n) is 1.75. The van der Waals surface area contributed by atoms with Crippen LogP contribution in [-0.4, -0.2) is 5.11 Å². The predicted octanol–water partition coefficient (Wildman–Crippen LogP) is 4.49. The summed E-state index contributed by atoms with van der Waals surface area (Å²) in [6.07, 6.45) is 0.967. The largest absolute Gasteiger partial charge is 0.387 e. The van der Waals surface area contributed by atoms with E-state index in [0.29, 0.717) is 10.9 Å². The van der Waals surface area contributed by atoms with Crippen molar-refractivity contribution in [1.29, 1.82) is 0 Å². The normalized spacial score (nSPS) is 12.7. The maximum atomic E-state index is 13.1. The summed E-state index contributed by atoms with van der Waals surface area (Å²) in [5.41, 5.74) is 0.919. The van der Waals surface area contributed by atoms with Gasteiger partial charge in [-0.25, -0.2) is 4.39 Å². The zero-order valence-corrected chi connectivity index (χ0v) is 12.4. The van der Waals surface area contributed by atoms with Gasteiger partial charge in [-0.3, -0.25) is 0 Å². The first-order valence-corrected chi connectivity index (χ1v) is 7.41. The number of aliphatic hydroxyl groups is 1. The van der Waals surface area contributed by atoms with E-state index in [1.807, 2.05) is 12.1 Å². The molecule has 0 aliphatic carbocycles. The molecule has 1 N–H and O–H groups in total. The molecule has 0 bridgehead atoms. The minimum Gasteiger partial charge on any atom is -0.387 e. The van der Waals surface area contributed by atoms with Gasteiger partial charge in [0.2, 0.25) is 0 Å². The molecule has 0 spiro atoms. The fraction of sp³-hybridized carbons (Fsp3) is 0.286. The molecule has 18 heavy (non-hydrogen) atoms. The molecule has 0 saturated carbocycles. The predicted molar refractivity (Wildman–Crippen MR) is 76.5 cm³/mol. The highest BCUT2D eigenvalue weighted by molar-refractivity contribution is 9.10. The summed E-state index contributed by atoms with van der Waals surface area (Å²) in [5, 5.41) is 10.1. The van der Waals surface area contributed by atoms with E-state index < -0.39 is 6.10 Å². The van der Waals surface area contributed by atoms with Crippen LogP contribution >= 0.6 is 27.3 Å². The number of aliphatic hydroxyl groups excluding tert-OH is 1. The molecule has 0 aliphatic heterocycles. The molecule has 96 valence electrons. The summed E-state index contributed by atoms with van der Waals surface area (Å²) in [6, 6.07) is 8.85. The van der Waals surface area contributed by atoms with E-state index in [4.69, 9.17) is 0 Å². The van der Waals surface area contributed by atoms with Crippen molar-refractivity contribution >= 4 is 27.3 Å². The Labute approximate surface area is 118 Å². The van der Waals surface area contributed by atoms with Gasteiger partial charge < -0.3 is 5.11 Å². The summed E-state index contributed by atoms with van der Waals surface area (Å²) in [5.74, 6) is -0.280. The lowest BCUT2D eigenvalue weighted by atomic mass is 10.1. The number of halogens is 2. The third-order valence-corrected chi connectivity index (χ3v) is 4.71. The van der Waals surface area contributed by atoms with Crippen LogP contribution in [-0.2, 0) is 12.8 Å². The van der Waals surface area contributed by atoms with Gasteiger partial charge in [0.05, 0.1) is 10.6 Å². The van der Waals surface area contributed by atoms with Crippen LogP contribution < -0.4 is 0 Å². The fourth-order valence-corrected chi connectivity index (χ4v) is 3.12. The Kier molecular flexibility index (Phi) is 4.54. The number of thiophene rings is 1. The van der Waals surface area contributed by atoms with Gasteiger partial charge in [-0.1, -0.05) is 13.0 Å². The Morgan fingerprint density at radius 2 is 2.11 bits per heavy atom. The third-order valence-electron chi connectivity index (χ3n) is 2.77. The number of rotatable bonds is 4. The van der Waals surface area contributed by atoms with Crippen LogP contribution in [0.1, 0.15) is 28.3 Å². The summed E-state index contributed by atoms with van der Waals surface area (Å²) in [7, 11) is 0. The molecule has 1 aromatic heterocycles. The molecule has 0 saturated heterocycles. The average Bonchev–Trinajstić information content (AvgIpc) is 2.82. The lowest BCUT2D eigenvalue weighted by Gasteiger charge is -2.09. The molecule has 1 aromatic carbocycles. The average molecular weight is 329 g/mol. The van der Waals surface area contributed by atoms with Crippen molar-refractivity contribution in [1.82, 2.24) is 0 Å². The van der Waals surface area contributed by atoms with Gasteiger partial charge in [0.25, 0.3) is 0 Å². The summed E-state index contributed by atoms with van der Waals surface area (Å²) in [4.78, 5) is 2.23. The van der Waals surface area contributed by atoms with Crippen molar-refractivity contribution in [3.63, 3.8) is 0 Å². The third kappa shape index (κ3) is 3.19. The Morgan fingerprint density at radius 1 is 1.33 bits per heavy atom. The van der Waals surface area contributed by atoms with E-state index in [1.54, 1.807) is 23.5 Å². The van der Waals surface area contributed by atoms with E-state index in [-0.39, 0.29) is 5.82 Å². The minimum absolute atomic E-state index is 0.280. The second-order valence-corrected chi connectivity index (χ2v) is 6.18. The zero-order chi connectivity index (χ0) is 13.1. The maximum Gasteiger partial charge on any atom is 0.137 e. The van der Waals surface area contributed by atoms with E-state index in [1.165, 1.54) is 10.9 Å². The minimum atomic E-state index is -0.521. The van der Waals surface area contributed by atoms with Crippen LogP contribution in [0.15, 0.2) is 34.8 Å². The Balaban J connectivity index is 2.10. The number of hydrogen-bond donors (Lipinski definition) is 1. The van der Waals surface area contributed by atoms with Crippen molar-refractivity contribution in [2.75, 3.05) is 0 Å². The molecule has 1 heterocycles. The molecule has 0 radical (unpaired) electrons. The van der Waals surface area contributed by atoms with Gasteiger partial charge in [0.15, 0.2) is 0 Å². The molecule has 2 aromatic rings. The molecule has 0 fully saturated rings. The van der Waals surface area contributed by atoms with Crippen LogP contribution in [0, 0.1) is 5.82 Å². The molecule has 4 heteroatoms. The number of benzene rings is 1. The van der Waals surface area contributed by atoms with Gasteiger partial charge in [-0.05, 0) is 52.2 Å². The smallest absolute Gasteiger partial charge is 0.137 e. The quantitative estimate of drug-likeness (QED) is 0.876. The maximum absolute atomic E-state index is 13.1. The van der Waals surface area contributed by atoms with Crippen molar-refractivity contribution in [2.45, 2.75) is 25.9 Å². The standard InChI is InChI=1S/C14H14BrFOS/c1-2-10-4-6-14(18-10)13(17)8-9-3-5-12(16)11(15)7-9/h3-7,13,17H,2,8H2,1H3. The lowest BCUT2D eigenvalue weighted by Crippen LogP contribution is -1.99. The Bertz CT molecular complexity index is 538. The second-order valence-electron chi connectivity index (χ2n) is 4.13. The van der Waals surface area contributed by atoms with Crippen molar-refractivity contribution in [2.24, 2.45) is 0 Å². The molecular formula is C14H14BrFOS. The molecule has 0 aliphatic rings. The highest BCUT2D eigenvalue weighted by Crippen LogP contribution is 2.27. The van der Waals surface area contributed by atoms with Crippen molar-refractivity contribution in [3.8, 4) is 0 Å². The molecule has 0 amide bonds. The van der Waals surface area contributed by atoms with Gasteiger partial charge >= 0.3 is 0 Å². The topological polar surface area (TPSA) is 20.2 Å². The number of hydrogen-bond acceptors (Lipinski definition) is 2. The lowest BCUT2D eigenvalue weighted by molar-refractivity contribution is 0.182. The second kappa shape index (κ2) is 5.95. The molecule has 1 nitrogen and oxygen atoms in total. The Hall–Kier alpha value is -0.710. The molecular weight excluding hydrogens is 315 g/mol. The molecule has 2 rings (SSSR count). The van der Waals surface area contributed by atoms with E-state index in [0.717, 1.165) is 16.9 Å². The van der Waals surface area contributed by atoms with Crippen LogP contribution in [0.2, 0.25) is 0 Å². The van der Waals surface area contributed by atoms with Crippen LogP contribution in [0.25, 0.3) is 0 Å². The summed E-state index contributed by atoms with van der Waals surface area (Å²) in [6.45, 7) is 2.10. The number of aryl methyl sites for hydroxylation is 1. The Morgan fingerprint density at radius 3 is 2.72 bits per heavy atom. The van der Waals surface area contributed by atoms with Crippen molar-refractivity contribution in [3.05, 3.63) is 55.9 Å². The SMILES string of the molecule is CCc1ccc(C(O)Cc2ccc(F)c(Br)c2)s1. The zero-order valence-electron chi connectivity index (χ0n) is 9.99. The van der Waals surface area contributed by atoms with Crippen LogP contribution in [0.3, 0.4) is 0 Å². The van der Waals surface area contributed by atoms with E-state index in [9.17, 15) is 9.50 Å². The first-order valence-electron chi connectivity index (χ1n) is 5.80. The van der Waals surface area contributed by atoms with Gasteiger partial charge in [-0.2, -0.15) is 0 Å². The van der Waals surface area contributed by atoms with Gasteiger partial charge in [0.1, 0.15) is 5.82 Å². The van der Waals surface area contributed by atoms with Crippen LogP contribution in [0.4, 0.5) is 4.39 Å². The highest BCUT2D eigenvalue weighted by atomic mass is 79.9. The monoisotopic (exact) mass is 328 g/mol. The summed E-state index contributed by atoms with van der Waals surface area (Å²) < 4.78 is 13.5. The first kappa shape index (κ1) is 13.7. The molecule has 1 atom stereocenters. The molecule has 1 unspecified atom stereocenters. The van der Waals surface area contributed by atoms with Crippen molar-refractivity contribution < 1.29 is 9.50 Å². The highest BCUT2D eigenvalue weighted by Gasteiger charge is 2.12. The van der Waals surface area contributed by atoms with Crippen LogP contribution in [0.5, 0.6) is 0 Å². The van der Waals surface area contributed by atoms with E-state index >= 15 is 0 Å². The summed E-state index contributed by atoms with van der Waals surface area (Å²) >= 11 is 4.79.